The Morgan fingerprint density at radius 3 is 2.90 bits per heavy atom. The van der Waals surface area contributed by atoms with Gasteiger partial charge < -0.3 is 15.0 Å². The summed E-state index contributed by atoms with van der Waals surface area (Å²) in [5.41, 5.74) is 9.96. The van der Waals surface area contributed by atoms with Crippen LogP contribution in [0.4, 0.5) is 0 Å². The summed E-state index contributed by atoms with van der Waals surface area (Å²) in [5, 5.41) is 1.31. The van der Waals surface area contributed by atoms with Gasteiger partial charge in [-0.3, -0.25) is 4.90 Å². The third-order valence-corrected chi connectivity index (χ3v) is 4.09. The van der Waals surface area contributed by atoms with Crippen LogP contribution in [0.25, 0.3) is 10.9 Å². The number of fused-ring (bicyclic) bond motifs is 3. The maximum atomic E-state index is 5.82. The van der Waals surface area contributed by atoms with E-state index in [1.807, 2.05) is 6.92 Å². The summed E-state index contributed by atoms with van der Waals surface area (Å²) in [7, 11) is 2.18. The number of likely N-dealkylation sites (N-methyl/N-ethyl adjacent to an activating group) is 1. The van der Waals surface area contributed by atoms with E-state index in [0.717, 1.165) is 31.8 Å². The minimum absolute atomic E-state index is 0.689. The molecule has 4 nitrogen and oxygen atoms in total. The smallest absolute Gasteiger partial charge is 0.120 e. The molecule has 0 fully saturated rings. The van der Waals surface area contributed by atoms with Crippen LogP contribution in [0, 0.1) is 0 Å². The van der Waals surface area contributed by atoms with Gasteiger partial charge in [-0.2, -0.15) is 0 Å². The predicted molar refractivity (Wildman–Crippen MR) is 82.2 cm³/mol. The molecule has 0 aliphatic carbocycles. The van der Waals surface area contributed by atoms with E-state index >= 15 is 0 Å². The number of aromatic nitrogens is 1. The molecule has 2 N–H and O–H groups in total. The lowest BCUT2D eigenvalue weighted by atomic mass is 10.1. The maximum absolute atomic E-state index is 5.82. The lowest BCUT2D eigenvalue weighted by Gasteiger charge is -2.26. The highest BCUT2D eigenvalue weighted by Gasteiger charge is 2.21. The van der Waals surface area contributed by atoms with E-state index in [4.69, 9.17) is 10.5 Å². The van der Waals surface area contributed by atoms with Crippen molar-refractivity contribution >= 4 is 10.9 Å². The van der Waals surface area contributed by atoms with Gasteiger partial charge in [0.1, 0.15) is 5.75 Å². The van der Waals surface area contributed by atoms with Crippen molar-refractivity contribution in [3.8, 4) is 5.75 Å². The van der Waals surface area contributed by atoms with E-state index in [1.54, 1.807) is 0 Å². The van der Waals surface area contributed by atoms with Crippen molar-refractivity contribution in [1.29, 1.82) is 0 Å². The van der Waals surface area contributed by atoms with Crippen molar-refractivity contribution in [3.63, 3.8) is 0 Å². The highest BCUT2D eigenvalue weighted by atomic mass is 16.5. The predicted octanol–water partition coefficient (Wildman–Crippen LogP) is 1.99. The molecule has 2 aromatic rings. The normalized spacial score (nSPS) is 15.6. The molecule has 1 aliphatic rings. The highest BCUT2D eigenvalue weighted by Crippen LogP contribution is 2.32. The van der Waals surface area contributed by atoms with E-state index in [1.165, 1.54) is 22.2 Å². The summed E-state index contributed by atoms with van der Waals surface area (Å²) < 4.78 is 8.10. The number of nitrogens with two attached hydrogens (primary N) is 1. The number of ether oxygens (including phenoxy) is 1. The topological polar surface area (TPSA) is 43.4 Å². The van der Waals surface area contributed by atoms with Crippen LogP contribution in [0.5, 0.6) is 5.75 Å². The summed E-state index contributed by atoms with van der Waals surface area (Å²) in [6, 6.07) is 6.44. The van der Waals surface area contributed by atoms with Gasteiger partial charge >= 0.3 is 0 Å². The Kier molecular flexibility index (Phi) is 3.68. The van der Waals surface area contributed by atoms with Crippen LogP contribution >= 0.6 is 0 Å². The molecule has 1 aromatic carbocycles. The van der Waals surface area contributed by atoms with Gasteiger partial charge in [0.25, 0.3) is 0 Å². The summed E-state index contributed by atoms with van der Waals surface area (Å²) >= 11 is 0. The standard InChI is InChI=1S/C16H23N3O/c1-3-20-12-4-5-15-14(10-12)13(6-7-17)16-11-18(2)8-9-19(15)16/h4-5,10H,3,6-9,11,17H2,1-2H3. The van der Waals surface area contributed by atoms with Crippen LogP contribution < -0.4 is 10.5 Å². The molecule has 1 aromatic heterocycles. The number of nitrogens with zero attached hydrogens (tertiary/aromatic N) is 2. The molecule has 0 saturated carbocycles. The molecule has 0 amide bonds. The molecule has 20 heavy (non-hydrogen) atoms. The average Bonchev–Trinajstić information content (AvgIpc) is 2.73. The molecule has 3 rings (SSSR count). The van der Waals surface area contributed by atoms with Crippen LogP contribution in [-0.2, 0) is 19.5 Å². The van der Waals surface area contributed by atoms with Crippen molar-refractivity contribution in [2.24, 2.45) is 5.73 Å². The fraction of sp³-hybridized carbons (Fsp3) is 0.500. The van der Waals surface area contributed by atoms with Crippen molar-refractivity contribution in [3.05, 3.63) is 29.5 Å². The summed E-state index contributed by atoms with van der Waals surface area (Å²) in [4.78, 5) is 2.37. The van der Waals surface area contributed by atoms with Gasteiger partial charge in [0, 0.05) is 36.2 Å². The Morgan fingerprint density at radius 1 is 1.30 bits per heavy atom. The van der Waals surface area contributed by atoms with Crippen molar-refractivity contribution in [2.45, 2.75) is 26.4 Å². The lowest BCUT2D eigenvalue weighted by molar-refractivity contribution is 0.271. The minimum atomic E-state index is 0.689. The van der Waals surface area contributed by atoms with Gasteiger partial charge in [-0.25, -0.2) is 0 Å². The van der Waals surface area contributed by atoms with Gasteiger partial charge in [-0.15, -0.1) is 0 Å². The lowest BCUT2D eigenvalue weighted by Crippen LogP contribution is -2.30. The molecule has 0 unspecified atom stereocenters. The number of benzene rings is 1. The number of hydrogen-bond acceptors (Lipinski definition) is 3. The van der Waals surface area contributed by atoms with Crippen LogP contribution in [0.3, 0.4) is 0 Å². The Bertz CT molecular complexity index is 618. The second-order valence-corrected chi connectivity index (χ2v) is 5.47. The SMILES string of the molecule is CCOc1ccc2c(c1)c(CCN)c1n2CCN(C)C1. The molecule has 0 atom stereocenters. The van der Waals surface area contributed by atoms with Crippen LogP contribution in [0.15, 0.2) is 18.2 Å². The molecule has 1 aliphatic heterocycles. The van der Waals surface area contributed by atoms with Crippen molar-refractivity contribution < 1.29 is 4.74 Å². The molecular weight excluding hydrogens is 250 g/mol. The zero-order valence-corrected chi connectivity index (χ0v) is 12.4. The first kappa shape index (κ1) is 13.5. The fourth-order valence-electron chi connectivity index (χ4n) is 3.18. The molecule has 0 saturated heterocycles. The summed E-state index contributed by atoms with van der Waals surface area (Å²) in [5.74, 6) is 0.953. The maximum Gasteiger partial charge on any atom is 0.120 e. The minimum Gasteiger partial charge on any atom is -0.494 e. The monoisotopic (exact) mass is 273 g/mol. The quantitative estimate of drug-likeness (QED) is 0.926. The van der Waals surface area contributed by atoms with Gasteiger partial charge in [0.2, 0.25) is 0 Å². The fourth-order valence-corrected chi connectivity index (χ4v) is 3.18. The van der Waals surface area contributed by atoms with E-state index in [2.05, 4.69) is 34.7 Å². The second-order valence-electron chi connectivity index (χ2n) is 5.47. The molecule has 108 valence electrons. The van der Waals surface area contributed by atoms with Crippen LogP contribution in [0.2, 0.25) is 0 Å². The summed E-state index contributed by atoms with van der Waals surface area (Å²) in [6.07, 6.45) is 0.933. The third-order valence-electron chi connectivity index (χ3n) is 4.09. The first-order valence-corrected chi connectivity index (χ1v) is 7.40. The van der Waals surface area contributed by atoms with Gasteiger partial charge in [-0.05, 0) is 50.7 Å². The van der Waals surface area contributed by atoms with E-state index in [-0.39, 0.29) is 0 Å². The molecule has 0 spiro atoms. The molecular formula is C16H23N3O. The van der Waals surface area contributed by atoms with Gasteiger partial charge in [0.05, 0.1) is 6.61 Å². The van der Waals surface area contributed by atoms with Crippen molar-refractivity contribution in [1.82, 2.24) is 9.47 Å². The second kappa shape index (κ2) is 5.46. The third kappa shape index (κ3) is 2.19. The van der Waals surface area contributed by atoms with E-state index < -0.39 is 0 Å². The molecule has 0 radical (unpaired) electrons. The Morgan fingerprint density at radius 2 is 2.15 bits per heavy atom. The van der Waals surface area contributed by atoms with Crippen LogP contribution in [-0.4, -0.2) is 36.2 Å². The van der Waals surface area contributed by atoms with E-state index in [9.17, 15) is 0 Å². The van der Waals surface area contributed by atoms with E-state index in [0.29, 0.717) is 13.2 Å². The largest absolute Gasteiger partial charge is 0.494 e. The summed E-state index contributed by atoms with van der Waals surface area (Å²) in [6.45, 7) is 6.58. The Balaban J connectivity index is 2.17. The Hall–Kier alpha value is -1.52. The zero-order chi connectivity index (χ0) is 14.1. The van der Waals surface area contributed by atoms with Gasteiger partial charge in [0.15, 0.2) is 0 Å². The zero-order valence-electron chi connectivity index (χ0n) is 12.4. The number of rotatable bonds is 4. The molecule has 4 heteroatoms. The first-order chi connectivity index (χ1) is 9.74. The van der Waals surface area contributed by atoms with Gasteiger partial charge in [-0.1, -0.05) is 0 Å². The average molecular weight is 273 g/mol. The highest BCUT2D eigenvalue weighted by molar-refractivity contribution is 5.87. The van der Waals surface area contributed by atoms with Crippen molar-refractivity contribution in [2.75, 3.05) is 26.7 Å². The Labute approximate surface area is 120 Å². The van der Waals surface area contributed by atoms with Crippen LogP contribution in [0.1, 0.15) is 18.2 Å². The number of hydrogen-bond donors (Lipinski definition) is 1. The molecule has 0 bridgehead atoms. The first-order valence-electron chi connectivity index (χ1n) is 7.40. The molecule has 2 heterocycles.